The second-order valence-electron chi connectivity index (χ2n) is 4.82. The Labute approximate surface area is 109 Å². The monoisotopic (exact) mass is 268 g/mol. The molecule has 1 heterocycles. The lowest BCUT2D eigenvalue weighted by Gasteiger charge is -2.41. The fraction of sp³-hybridized carbons (Fsp3) is 0.583. The molecule has 0 aromatic carbocycles. The number of aryl methyl sites for hydroxylation is 1. The highest BCUT2D eigenvalue weighted by molar-refractivity contribution is 5.79. The molecule has 0 aliphatic heterocycles. The molecule has 0 saturated heterocycles. The van der Waals surface area contributed by atoms with E-state index in [4.69, 9.17) is 14.4 Å². The van der Waals surface area contributed by atoms with Crippen molar-refractivity contribution in [1.82, 2.24) is 10.5 Å². The Morgan fingerprint density at radius 3 is 2.79 bits per heavy atom. The molecule has 7 heteroatoms. The highest BCUT2D eigenvalue weighted by Crippen LogP contribution is 2.34. The Kier molecular flexibility index (Phi) is 3.73. The van der Waals surface area contributed by atoms with Crippen LogP contribution < -0.4 is 10.1 Å². The van der Waals surface area contributed by atoms with Gasteiger partial charge >= 0.3 is 5.97 Å². The van der Waals surface area contributed by atoms with Gasteiger partial charge in [-0.3, -0.25) is 9.59 Å². The summed E-state index contributed by atoms with van der Waals surface area (Å²) < 4.78 is 9.94. The highest BCUT2D eigenvalue weighted by Gasteiger charge is 2.40. The summed E-state index contributed by atoms with van der Waals surface area (Å²) in [5.41, 5.74) is -0.605. The third-order valence-corrected chi connectivity index (χ3v) is 3.16. The molecular formula is C12H16N2O5. The van der Waals surface area contributed by atoms with Crippen LogP contribution in [0.3, 0.4) is 0 Å². The van der Waals surface area contributed by atoms with Crippen LogP contribution in [0, 0.1) is 6.92 Å². The second-order valence-corrected chi connectivity index (χ2v) is 4.82. The number of rotatable bonds is 6. The summed E-state index contributed by atoms with van der Waals surface area (Å²) in [6, 6.07) is 1.57. The average molecular weight is 268 g/mol. The van der Waals surface area contributed by atoms with Crippen molar-refractivity contribution in [3.8, 4) is 5.88 Å². The molecular weight excluding hydrogens is 252 g/mol. The fourth-order valence-electron chi connectivity index (χ4n) is 2.12. The van der Waals surface area contributed by atoms with Gasteiger partial charge in [0.1, 0.15) is 5.76 Å². The van der Waals surface area contributed by atoms with Gasteiger partial charge in [-0.2, -0.15) is 0 Å². The number of aliphatic carboxylic acids is 1. The normalized spacial score (nSPS) is 16.5. The van der Waals surface area contributed by atoms with Crippen molar-refractivity contribution >= 4 is 11.9 Å². The summed E-state index contributed by atoms with van der Waals surface area (Å²) in [5.74, 6) is -0.417. The van der Waals surface area contributed by atoms with Crippen LogP contribution in [0.4, 0.5) is 0 Å². The Morgan fingerprint density at radius 1 is 1.58 bits per heavy atom. The molecule has 1 aromatic rings. The molecule has 104 valence electrons. The maximum absolute atomic E-state index is 11.7. The van der Waals surface area contributed by atoms with Gasteiger partial charge in [0.2, 0.25) is 0 Å². The van der Waals surface area contributed by atoms with Crippen molar-refractivity contribution in [2.24, 2.45) is 0 Å². The summed E-state index contributed by atoms with van der Waals surface area (Å²) in [5, 5.41) is 15.2. The van der Waals surface area contributed by atoms with Crippen LogP contribution in [0.25, 0.3) is 0 Å². The zero-order valence-electron chi connectivity index (χ0n) is 10.6. The van der Waals surface area contributed by atoms with Gasteiger partial charge in [0.25, 0.3) is 11.8 Å². The first-order chi connectivity index (χ1) is 8.99. The first-order valence-electron chi connectivity index (χ1n) is 6.08. The fourth-order valence-corrected chi connectivity index (χ4v) is 2.12. The number of carbonyl (C=O) groups is 2. The molecule has 1 aliphatic carbocycles. The van der Waals surface area contributed by atoms with Crippen LogP contribution in [-0.2, 0) is 9.59 Å². The molecule has 2 rings (SSSR count). The summed E-state index contributed by atoms with van der Waals surface area (Å²) in [7, 11) is 0. The van der Waals surface area contributed by atoms with Gasteiger partial charge in [-0.25, -0.2) is 0 Å². The van der Waals surface area contributed by atoms with Gasteiger partial charge in [0.05, 0.1) is 12.0 Å². The van der Waals surface area contributed by atoms with Crippen molar-refractivity contribution in [3.63, 3.8) is 0 Å². The smallest absolute Gasteiger partial charge is 0.305 e. The number of carboxylic acid groups (broad SMARTS) is 1. The van der Waals surface area contributed by atoms with Gasteiger partial charge < -0.3 is 19.7 Å². The van der Waals surface area contributed by atoms with Gasteiger partial charge in [-0.15, -0.1) is 0 Å². The van der Waals surface area contributed by atoms with Gasteiger partial charge in [0.15, 0.2) is 6.61 Å². The van der Waals surface area contributed by atoms with Crippen molar-refractivity contribution in [1.29, 1.82) is 0 Å². The van der Waals surface area contributed by atoms with E-state index in [0.717, 1.165) is 6.42 Å². The van der Waals surface area contributed by atoms with Crippen LogP contribution in [0.15, 0.2) is 10.6 Å². The molecule has 1 aliphatic rings. The van der Waals surface area contributed by atoms with Crippen LogP contribution in [-0.4, -0.2) is 34.3 Å². The van der Waals surface area contributed by atoms with E-state index in [9.17, 15) is 9.59 Å². The maximum Gasteiger partial charge on any atom is 0.305 e. The minimum Gasteiger partial charge on any atom is -0.481 e. The third-order valence-electron chi connectivity index (χ3n) is 3.16. The topological polar surface area (TPSA) is 102 Å². The molecule has 1 saturated carbocycles. The van der Waals surface area contributed by atoms with Gasteiger partial charge in [-0.1, -0.05) is 0 Å². The number of carboxylic acids is 1. The number of hydrogen-bond donors (Lipinski definition) is 2. The molecule has 0 atom stereocenters. The first kappa shape index (κ1) is 13.4. The van der Waals surface area contributed by atoms with Crippen molar-refractivity contribution < 1.29 is 24.0 Å². The summed E-state index contributed by atoms with van der Waals surface area (Å²) in [6.45, 7) is 1.52. The van der Waals surface area contributed by atoms with E-state index in [1.807, 2.05) is 0 Å². The molecule has 1 fully saturated rings. The van der Waals surface area contributed by atoms with Crippen LogP contribution in [0.1, 0.15) is 31.4 Å². The number of nitrogens with one attached hydrogen (secondary N) is 1. The Balaban J connectivity index is 1.81. The van der Waals surface area contributed by atoms with Crippen molar-refractivity contribution in [2.75, 3.05) is 6.61 Å². The Morgan fingerprint density at radius 2 is 2.32 bits per heavy atom. The number of amides is 1. The number of ether oxygens (including phenoxy) is 1. The quantitative estimate of drug-likeness (QED) is 0.794. The van der Waals surface area contributed by atoms with Crippen LogP contribution >= 0.6 is 0 Å². The average Bonchev–Trinajstić information content (AvgIpc) is 2.69. The van der Waals surface area contributed by atoms with E-state index in [-0.39, 0.29) is 24.8 Å². The number of aromatic nitrogens is 1. The number of nitrogens with zero attached hydrogens (tertiary/aromatic N) is 1. The summed E-state index contributed by atoms with van der Waals surface area (Å²) >= 11 is 0. The molecule has 0 radical (unpaired) electrons. The summed E-state index contributed by atoms with van der Waals surface area (Å²) in [6.07, 6.45) is 2.25. The molecule has 1 amide bonds. The van der Waals surface area contributed by atoms with Crippen molar-refractivity contribution in [3.05, 3.63) is 11.8 Å². The standard InChI is InChI=1S/C12H16N2O5/c1-8-5-10(14-19-8)18-7-9(15)13-12(3-2-4-12)6-11(16)17/h5H,2-4,6-7H2,1H3,(H,13,15)(H,16,17). The SMILES string of the molecule is Cc1cc(OCC(=O)NC2(CC(=O)O)CCC2)no1. The van der Waals surface area contributed by atoms with Gasteiger partial charge in [-0.05, 0) is 31.3 Å². The highest BCUT2D eigenvalue weighted by atomic mass is 16.5. The van der Waals surface area contributed by atoms with E-state index < -0.39 is 11.5 Å². The molecule has 2 N–H and O–H groups in total. The Hall–Kier alpha value is -2.05. The third kappa shape index (κ3) is 3.46. The minimum absolute atomic E-state index is 0.0538. The predicted octanol–water partition coefficient (Wildman–Crippen LogP) is 0.875. The predicted molar refractivity (Wildman–Crippen MR) is 63.7 cm³/mol. The van der Waals surface area contributed by atoms with Crippen molar-refractivity contribution in [2.45, 2.75) is 38.1 Å². The molecule has 0 bridgehead atoms. The molecule has 0 spiro atoms. The molecule has 19 heavy (non-hydrogen) atoms. The number of hydrogen-bond acceptors (Lipinski definition) is 5. The van der Waals surface area contributed by atoms with E-state index in [1.165, 1.54) is 0 Å². The zero-order chi connectivity index (χ0) is 13.9. The van der Waals surface area contributed by atoms with Gasteiger partial charge in [0, 0.05) is 6.07 Å². The molecule has 0 unspecified atom stereocenters. The molecule has 7 nitrogen and oxygen atoms in total. The lowest BCUT2D eigenvalue weighted by atomic mass is 9.74. The second kappa shape index (κ2) is 5.29. The van der Waals surface area contributed by atoms with E-state index >= 15 is 0 Å². The molecule has 1 aromatic heterocycles. The van der Waals surface area contributed by atoms with E-state index in [0.29, 0.717) is 18.6 Å². The van der Waals surface area contributed by atoms with E-state index in [2.05, 4.69) is 10.5 Å². The zero-order valence-corrected chi connectivity index (χ0v) is 10.6. The first-order valence-corrected chi connectivity index (χ1v) is 6.08. The number of carbonyl (C=O) groups excluding carboxylic acids is 1. The Bertz CT molecular complexity index is 478. The lowest BCUT2D eigenvalue weighted by molar-refractivity contribution is -0.140. The lowest BCUT2D eigenvalue weighted by Crippen LogP contribution is -2.55. The summed E-state index contributed by atoms with van der Waals surface area (Å²) in [4.78, 5) is 22.5. The maximum atomic E-state index is 11.7. The minimum atomic E-state index is -0.909. The van der Waals surface area contributed by atoms with Crippen LogP contribution in [0.2, 0.25) is 0 Å². The van der Waals surface area contributed by atoms with Crippen LogP contribution in [0.5, 0.6) is 5.88 Å². The largest absolute Gasteiger partial charge is 0.481 e. The van der Waals surface area contributed by atoms with E-state index in [1.54, 1.807) is 13.0 Å².